The van der Waals surface area contributed by atoms with Gasteiger partial charge in [0.15, 0.2) is 5.12 Å². The summed E-state index contributed by atoms with van der Waals surface area (Å²) in [4.78, 5) is 92.3. The van der Waals surface area contributed by atoms with E-state index in [1.54, 1.807) is 131 Å². The van der Waals surface area contributed by atoms with Crippen LogP contribution in [0.25, 0.3) is 0 Å². The topological polar surface area (TPSA) is 209 Å². The molecule has 0 unspecified atom stereocenters. The summed E-state index contributed by atoms with van der Waals surface area (Å²) in [5.74, 6) is -1.18. The van der Waals surface area contributed by atoms with Crippen LogP contribution < -0.4 is 10.6 Å². The van der Waals surface area contributed by atoms with Crippen molar-refractivity contribution >= 4 is 266 Å². The van der Waals surface area contributed by atoms with Gasteiger partial charge in [-0.05, 0) is 112 Å². The Kier molecular flexibility index (Phi) is 114. The largest absolute Gasteiger partial charge is 0.482 e. The van der Waals surface area contributed by atoms with E-state index in [1.165, 1.54) is 98.0 Å². The number of ether oxygens (including phenoxy) is 3. The molecule has 0 spiro atoms. The Hall–Kier alpha value is 0.740. The fourth-order valence-corrected chi connectivity index (χ4v) is 4.01. The molecule has 0 aromatic rings. The maximum absolute atomic E-state index is 10.4. The number of Topliss-reactive ketones (excluding diaryl/α,β-unsaturated/α-hetero) is 1. The summed E-state index contributed by atoms with van der Waals surface area (Å²) in [6, 6.07) is 0. The first-order chi connectivity index (χ1) is 31.5. The van der Waals surface area contributed by atoms with Gasteiger partial charge in [-0.1, -0.05) is 131 Å². The minimum absolute atomic E-state index is 0.00926. The molecule has 0 atom stereocenters. The van der Waals surface area contributed by atoms with Crippen LogP contribution in [-0.4, -0.2) is 199 Å². The summed E-state index contributed by atoms with van der Waals surface area (Å²) in [6.07, 6.45) is 23.4. The van der Waals surface area contributed by atoms with Crippen molar-refractivity contribution in [3.05, 3.63) is 0 Å². The average Bonchev–Trinajstić information content (AvgIpc) is 3.37. The lowest BCUT2D eigenvalue weighted by Gasteiger charge is -2.04. The fourth-order valence-electron chi connectivity index (χ4n) is 1.03. The number of methoxy groups -OCH3 is 3. The van der Waals surface area contributed by atoms with Crippen LogP contribution in [0.5, 0.6) is 0 Å². The average molecular weight is 1280 g/mol. The van der Waals surface area contributed by atoms with Crippen LogP contribution in [0.15, 0.2) is 0 Å². The number of ketones is 1. The van der Waals surface area contributed by atoms with Crippen LogP contribution in [0.3, 0.4) is 0 Å². The summed E-state index contributed by atoms with van der Waals surface area (Å²) >= 11 is 35.6. The Morgan fingerprint density at radius 2 is 0.853 bits per heavy atom. The van der Waals surface area contributed by atoms with Crippen molar-refractivity contribution in [2.45, 2.75) is 20.8 Å². The molecule has 0 aliphatic rings. The molecule has 0 bridgehead atoms. The molecule has 0 aliphatic heterocycles. The van der Waals surface area contributed by atoms with Gasteiger partial charge in [0.05, 0.1) is 21.3 Å². The Balaban J connectivity index is -0.0000000585. The lowest BCUT2D eigenvalue weighted by molar-refractivity contribution is -0.147. The number of esters is 1. The van der Waals surface area contributed by atoms with Crippen LogP contribution in [0.4, 0.5) is 19.2 Å². The number of hydrogen-bond acceptors (Lipinski definition) is 29. The third kappa shape index (κ3) is 121. The van der Waals surface area contributed by atoms with E-state index in [2.05, 4.69) is 49.3 Å². The lowest BCUT2D eigenvalue weighted by atomic mass is 10.5. The molecular weight excluding hydrogens is 1210 g/mol. The van der Waals surface area contributed by atoms with Gasteiger partial charge >= 0.3 is 11.3 Å². The van der Waals surface area contributed by atoms with Gasteiger partial charge in [-0.15, -0.1) is 47.0 Å². The van der Waals surface area contributed by atoms with E-state index >= 15 is 0 Å². The van der Waals surface area contributed by atoms with E-state index in [9.17, 15) is 43.2 Å². The number of nitrogens with one attached hydrogen (secondary N) is 2. The first-order valence-corrected chi connectivity index (χ1v) is 34.6. The van der Waals surface area contributed by atoms with Crippen LogP contribution >= 0.6 is 202 Å². The van der Waals surface area contributed by atoms with Crippen LogP contribution in [-0.2, 0) is 38.2 Å². The van der Waals surface area contributed by atoms with Crippen molar-refractivity contribution in [3.8, 4) is 0 Å². The highest BCUT2D eigenvalue weighted by Gasteiger charge is 2.10. The number of carbonyl (C=O) groups excluding carboxylic acids is 9. The molecule has 15 nitrogen and oxygen atoms in total. The maximum atomic E-state index is 10.4. The van der Waals surface area contributed by atoms with Crippen molar-refractivity contribution in [3.63, 3.8) is 0 Å². The molecule has 0 saturated carbocycles. The lowest BCUT2D eigenvalue weighted by Crippen LogP contribution is -2.15. The molecule has 404 valence electrons. The molecule has 32 heteroatoms. The van der Waals surface area contributed by atoms with Gasteiger partial charge in [-0.2, -0.15) is 0 Å². The molecule has 0 saturated heterocycles. The van der Waals surface area contributed by atoms with Crippen molar-refractivity contribution in [2.24, 2.45) is 0 Å². The monoisotopic (exact) mass is 1280 g/mol. The molecule has 68 heavy (non-hydrogen) atoms. The van der Waals surface area contributed by atoms with Gasteiger partial charge in [0, 0.05) is 46.2 Å². The third-order valence-electron chi connectivity index (χ3n) is 4.24. The molecule has 2 N–H and O–H groups in total. The molecular formula is C36H71N3O12S17. The second-order valence-corrected chi connectivity index (χ2v) is 23.1. The number of hydrogen-bond donors (Lipinski definition) is 2. The van der Waals surface area contributed by atoms with E-state index in [0.29, 0.717) is 4.38 Å². The zero-order valence-corrected chi connectivity index (χ0v) is 56.7. The number of rotatable bonds is 1. The Morgan fingerprint density at radius 3 is 0.868 bits per heavy atom. The highest BCUT2D eigenvalue weighted by Crippen LogP contribution is 2.09. The molecule has 0 heterocycles. The highest BCUT2D eigenvalue weighted by molar-refractivity contribution is 8.46. The van der Waals surface area contributed by atoms with E-state index in [4.69, 9.17) is 24.4 Å². The Morgan fingerprint density at radius 1 is 0.456 bits per heavy atom. The minimum Gasteiger partial charge on any atom is -0.482 e. The number of thioether (sulfide) groups is 13. The van der Waals surface area contributed by atoms with Crippen LogP contribution in [0.1, 0.15) is 20.8 Å². The standard InChI is InChI=1S/C4H9NOS.C4H6O3S.C4H6O2S.C3H7NOS.C3H7NS2.C3H6O2S.2C3H6OS2.C3H6OS.C3H6S3.C3H6S2/c1-5(2)4(6)7-3;1-7-3(5)4(6)8-2;1-3(5)4(6)7-2;2*1-4-3(5)6-2;2*1-5-3(4)6-2;1-4-3(5)6-2;1-3(4)5-2;1-5-3(4)6-2;1-3(4)5-2/h1-3H3;1-2H3;1-2H3;2*1-2H3,(H,4,5);3*1-2H3;1-2H3;1-2H3;1-2H3. The zero-order valence-electron chi connectivity index (χ0n) is 42.8. The second kappa shape index (κ2) is 81.8. The van der Waals surface area contributed by atoms with Gasteiger partial charge in [0.25, 0.3) is 20.7 Å². The Bertz CT molecular complexity index is 1180. The first kappa shape index (κ1) is 94.6. The predicted molar refractivity (Wildman–Crippen MR) is 343 cm³/mol. The summed E-state index contributed by atoms with van der Waals surface area (Å²) in [7, 11) is 11.0. The van der Waals surface area contributed by atoms with Crippen molar-refractivity contribution < 1.29 is 57.4 Å². The SMILES string of the molecule is CNC(=O)SC.CNC(=S)SC.COC(=O)C(=O)SC.COC(=O)SC.COC(=S)SC.CSC(=O)C(C)=O.CSC(=O)N(C)C.CSC(=O)SC.CSC(=S)SC.CSC(C)=O.CSC(C)=S. The van der Waals surface area contributed by atoms with Crippen molar-refractivity contribution in [2.75, 3.05) is 131 Å². The smallest absolute Gasteiger partial charge is 0.385 e. The number of thiocarbonyl (C=S) groups is 4. The molecule has 0 rings (SSSR count). The maximum Gasteiger partial charge on any atom is 0.385 e. The van der Waals surface area contributed by atoms with E-state index in [-0.39, 0.29) is 36.2 Å². The molecule has 0 fully saturated rings. The second-order valence-electron chi connectivity index (χ2n) is 8.90. The van der Waals surface area contributed by atoms with Gasteiger partial charge in [-0.3, -0.25) is 33.6 Å². The van der Waals surface area contributed by atoms with Crippen LogP contribution in [0, 0.1) is 0 Å². The van der Waals surface area contributed by atoms with Gasteiger partial charge in [0.2, 0.25) is 14.6 Å². The fraction of sp³-hybridized carbons (Fsp3) is 0.639. The summed E-state index contributed by atoms with van der Waals surface area (Å²) in [6.45, 7) is 4.73. The van der Waals surface area contributed by atoms with Crippen LogP contribution in [0.2, 0.25) is 0 Å². The van der Waals surface area contributed by atoms with Gasteiger partial charge < -0.3 is 29.7 Å². The molecule has 2 amide bonds. The number of amides is 2. The predicted octanol–water partition coefficient (Wildman–Crippen LogP) is 11.9. The quantitative estimate of drug-likeness (QED) is 0.142. The summed E-state index contributed by atoms with van der Waals surface area (Å²) in [5.41, 5.74) is 0. The normalized spacial score (nSPS) is 7.99. The molecule has 0 radical (unpaired) electrons. The highest BCUT2D eigenvalue weighted by atomic mass is 32.2. The van der Waals surface area contributed by atoms with E-state index in [1.807, 2.05) is 45.3 Å². The summed E-state index contributed by atoms with van der Waals surface area (Å²) < 4.78 is 16.5. The first-order valence-electron chi connectivity index (χ1n) is 17.1. The minimum atomic E-state index is -0.794. The number of carbonyl (C=O) groups is 9. The zero-order chi connectivity index (χ0) is 56.8. The van der Waals surface area contributed by atoms with Gasteiger partial charge in [0.1, 0.15) is 7.85 Å². The Labute approximate surface area is 484 Å². The van der Waals surface area contributed by atoms with Gasteiger partial charge in [-0.25, -0.2) is 9.59 Å². The number of nitrogens with zero attached hydrogens (tertiary/aromatic N) is 1. The van der Waals surface area contributed by atoms with Crippen molar-refractivity contribution in [1.29, 1.82) is 0 Å². The van der Waals surface area contributed by atoms with Crippen molar-refractivity contribution in [1.82, 2.24) is 15.5 Å². The summed E-state index contributed by atoms with van der Waals surface area (Å²) in [5, 5.41) is 4.35. The molecule has 0 aromatic carbocycles. The molecule has 0 aromatic heterocycles. The van der Waals surface area contributed by atoms with E-state index in [0.717, 1.165) is 47.3 Å². The third-order valence-corrected chi connectivity index (χ3v) is 15.7. The van der Waals surface area contributed by atoms with E-state index < -0.39 is 11.1 Å². The molecule has 0 aliphatic carbocycles.